The van der Waals surface area contributed by atoms with Crippen molar-refractivity contribution in [1.82, 2.24) is 5.16 Å². The van der Waals surface area contributed by atoms with Crippen LogP contribution in [0.25, 0.3) is 11.3 Å². The van der Waals surface area contributed by atoms with E-state index in [0.717, 1.165) is 16.8 Å². The summed E-state index contributed by atoms with van der Waals surface area (Å²) in [5, 5.41) is 9.24. The van der Waals surface area contributed by atoms with Crippen molar-refractivity contribution in [3.05, 3.63) is 66.2 Å². The van der Waals surface area contributed by atoms with Crippen molar-refractivity contribution in [2.45, 2.75) is 6.92 Å². The normalized spacial score (nSPS) is 10.2. The summed E-state index contributed by atoms with van der Waals surface area (Å²) in [6.07, 6.45) is 0. The smallest absolute Gasteiger partial charge is 0.324 e. The lowest BCUT2D eigenvalue weighted by Gasteiger charge is -2.05. The van der Waals surface area contributed by atoms with E-state index in [2.05, 4.69) is 15.8 Å². The number of urea groups is 1. The molecule has 0 saturated carbocycles. The van der Waals surface area contributed by atoms with Crippen molar-refractivity contribution in [3.8, 4) is 11.3 Å². The molecule has 0 aliphatic carbocycles. The van der Waals surface area contributed by atoms with Crippen LogP contribution in [0.4, 0.5) is 16.3 Å². The molecule has 3 aromatic rings. The van der Waals surface area contributed by atoms with E-state index in [1.165, 1.54) is 0 Å². The molecule has 0 radical (unpaired) electrons. The first-order chi connectivity index (χ1) is 10.7. The summed E-state index contributed by atoms with van der Waals surface area (Å²) in [4.78, 5) is 11.9. The molecule has 0 aliphatic heterocycles. The number of anilines is 2. The second kappa shape index (κ2) is 6.13. The number of amides is 2. The first-order valence-corrected chi connectivity index (χ1v) is 6.87. The second-order valence-corrected chi connectivity index (χ2v) is 4.89. The molecule has 1 heterocycles. The monoisotopic (exact) mass is 293 g/mol. The number of benzene rings is 2. The van der Waals surface area contributed by atoms with Crippen molar-refractivity contribution in [2.75, 3.05) is 10.6 Å². The third kappa shape index (κ3) is 3.32. The Morgan fingerprint density at radius 3 is 2.59 bits per heavy atom. The van der Waals surface area contributed by atoms with Gasteiger partial charge in [-0.25, -0.2) is 4.79 Å². The first kappa shape index (κ1) is 13.9. The summed E-state index contributed by atoms with van der Waals surface area (Å²) in [6, 6.07) is 18.5. The molecule has 0 atom stereocenters. The van der Waals surface area contributed by atoms with Crippen LogP contribution >= 0.6 is 0 Å². The Labute approximate surface area is 128 Å². The highest BCUT2D eigenvalue weighted by Gasteiger charge is 2.09. The topological polar surface area (TPSA) is 67.2 Å². The van der Waals surface area contributed by atoms with Gasteiger partial charge in [0.1, 0.15) is 0 Å². The largest absolute Gasteiger partial charge is 0.354 e. The molecule has 0 fully saturated rings. The summed E-state index contributed by atoms with van der Waals surface area (Å²) in [5.74, 6) is 0.968. The average molecular weight is 293 g/mol. The molecule has 2 amide bonds. The molecule has 5 nitrogen and oxygen atoms in total. The first-order valence-electron chi connectivity index (χ1n) is 6.87. The van der Waals surface area contributed by atoms with Gasteiger partial charge in [0.15, 0.2) is 11.6 Å². The van der Waals surface area contributed by atoms with Gasteiger partial charge in [0.05, 0.1) is 0 Å². The van der Waals surface area contributed by atoms with Gasteiger partial charge in [-0.15, -0.1) is 0 Å². The highest BCUT2D eigenvalue weighted by Crippen LogP contribution is 2.22. The van der Waals surface area contributed by atoms with E-state index in [1.54, 1.807) is 6.07 Å². The van der Waals surface area contributed by atoms with Crippen LogP contribution in [0.2, 0.25) is 0 Å². The number of hydrogen-bond donors (Lipinski definition) is 2. The zero-order chi connectivity index (χ0) is 15.4. The van der Waals surface area contributed by atoms with Crippen LogP contribution in [0.1, 0.15) is 5.56 Å². The van der Waals surface area contributed by atoms with Gasteiger partial charge in [-0.05, 0) is 24.6 Å². The number of rotatable bonds is 3. The third-order valence-electron chi connectivity index (χ3n) is 3.09. The lowest BCUT2D eigenvalue weighted by Crippen LogP contribution is -2.19. The number of nitrogens with one attached hydrogen (secondary N) is 2. The molecule has 1 aromatic heterocycles. The minimum atomic E-state index is -0.362. The predicted molar refractivity (Wildman–Crippen MR) is 85.8 cm³/mol. The van der Waals surface area contributed by atoms with Crippen LogP contribution in [-0.4, -0.2) is 11.2 Å². The molecule has 2 N–H and O–H groups in total. The summed E-state index contributed by atoms with van der Waals surface area (Å²) in [5.41, 5.74) is 2.71. The zero-order valence-electron chi connectivity index (χ0n) is 12.0. The molecule has 2 aromatic carbocycles. The minimum Gasteiger partial charge on any atom is -0.354 e. The fourth-order valence-electron chi connectivity index (χ4n) is 2.07. The van der Waals surface area contributed by atoms with Crippen LogP contribution in [0.15, 0.2) is 65.2 Å². The zero-order valence-corrected chi connectivity index (χ0v) is 12.0. The summed E-state index contributed by atoms with van der Waals surface area (Å²) >= 11 is 0. The minimum absolute atomic E-state index is 0.362. The summed E-state index contributed by atoms with van der Waals surface area (Å²) < 4.78 is 5.23. The molecule has 110 valence electrons. The van der Waals surface area contributed by atoms with E-state index in [4.69, 9.17) is 4.52 Å². The van der Waals surface area contributed by atoms with Gasteiger partial charge < -0.3 is 9.84 Å². The molecule has 5 heteroatoms. The van der Waals surface area contributed by atoms with Crippen LogP contribution in [0, 0.1) is 6.92 Å². The van der Waals surface area contributed by atoms with Crippen LogP contribution in [0.5, 0.6) is 0 Å². The van der Waals surface area contributed by atoms with E-state index >= 15 is 0 Å². The maximum absolute atomic E-state index is 11.9. The predicted octanol–water partition coefficient (Wildman–Crippen LogP) is 4.29. The molecule has 0 spiro atoms. The number of nitrogens with zero attached hydrogens (tertiary/aromatic N) is 1. The van der Waals surface area contributed by atoms with Crippen LogP contribution in [-0.2, 0) is 0 Å². The highest BCUT2D eigenvalue weighted by molar-refractivity contribution is 5.99. The van der Waals surface area contributed by atoms with Gasteiger partial charge in [0.25, 0.3) is 0 Å². The standard InChI is InChI=1S/C17H15N3O2/c1-12-6-5-9-14(10-12)18-17(21)19-16-11-15(22-20-16)13-7-3-2-4-8-13/h2-11H,1H3,(H2,18,19,20,21). The van der Waals surface area contributed by atoms with E-state index in [0.29, 0.717) is 11.6 Å². The van der Waals surface area contributed by atoms with Crippen LogP contribution < -0.4 is 10.6 Å². The molecule has 22 heavy (non-hydrogen) atoms. The van der Waals surface area contributed by atoms with E-state index < -0.39 is 0 Å². The fourth-order valence-corrected chi connectivity index (χ4v) is 2.07. The molecular formula is C17H15N3O2. The van der Waals surface area contributed by atoms with Crippen LogP contribution in [0.3, 0.4) is 0 Å². The van der Waals surface area contributed by atoms with Gasteiger partial charge in [-0.1, -0.05) is 47.6 Å². The molecule has 3 rings (SSSR count). The Morgan fingerprint density at radius 1 is 1.00 bits per heavy atom. The van der Waals surface area contributed by atoms with Gasteiger partial charge in [-0.3, -0.25) is 5.32 Å². The number of aromatic nitrogens is 1. The molecule has 0 unspecified atom stereocenters. The SMILES string of the molecule is Cc1cccc(NC(=O)Nc2cc(-c3ccccc3)on2)c1. The fraction of sp³-hybridized carbons (Fsp3) is 0.0588. The van der Waals surface area contributed by atoms with Gasteiger partial charge in [-0.2, -0.15) is 0 Å². The Balaban J connectivity index is 1.66. The van der Waals surface area contributed by atoms with Crippen molar-refractivity contribution in [2.24, 2.45) is 0 Å². The number of hydrogen-bond acceptors (Lipinski definition) is 3. The van der Waals surface area contributed by atoms with Crippen molar-refractivity contribution in [1.29, 1.82) is 0 Å². The lowest BCUT2D eigenvalue weighted by atomic mass is 10.2. The Bertz CT molecular complexity index is 781. The maximum atomic E-state index is 11.9. The second-order valence-electron chi connectivity index (χ2n) is 4.89. The van der Waals surface area contributed by atoms with E-state index in [-0.39, 0.29) is 6.03 Å². The van der Waals surface area contributed by atoms with Gasteiger partial charge >= 0.3 is 6.03 Å². The Kier molecular flexibility index (Phi) is 3.87. The van der Waals surface area contributed by atoms with E-state index in [9.17, 15) is 4.79 Å². The highest BCUT2D eigenvalue weighted by atomic mass is 16.5. The number of carbonyl (C=O) groups is 1. The molecule has 0 saturated heterocycles. The van der Waals surface area contributed by atoms with E-state index in [1.807, 2.05) is 61.5 Å². The van der Waals surface area contributed by atoms with Gasteiger partial charge in [0.2, 0.25) is 0 Å². The average Bonchev–Trinajstić information content (AvgIpc) is 2.96. The summed E-state index contributed by atoms with van der Waals surface area (Å²) in [6.45, 7) is 1.97. The lowest BCUT2D eigenvalue weighted by molar-refractivity contribution is 0.262. The van der Waals surface area contributed by atoms with Gasteiger partial charge in [0, 0.05) is 17.3 Å². The van der Waals surface area contributed by atoms with Crippen molar-refractivity contribution >= 4 is 17.5 Å². The molecule has 0 aliphatic rings. The molecule has 0 bridgehead atoms. The summed E-state index contributed by atoms with van der Waals surface area (Å²) in [7, 11) is 0. The van der Waals surface area contributed by atoms with Crippen molar-refractivity contribution < 1.29 is 9.32 Å². The third-order valence-corrected chi connectivity index (χ3v) is 3.09. The Hall–Kier alpha value is -3.08. The number of aryl methyl sites for hydroxylation is 1. The van der Waals surface area contributed by atoms with Crippen molar-refractivity contribution in [3.63, 3.8) is 0 Å². The molecular weight excluding hydrogens is 278 g/mol. The quantitative estimate of drug-likeness (QED) is 0.756. The number of carbonyl (C=O) groups excluding carboxylic acids is 1. The Morgan fingerprint density at radius 2 is 1.82 bits per heavy atom. The maximum Gasteiger partial charge on any atom is 0.324 e.